The maximum absolute atomic E-state index is 10.8. The van der Waals surface area contributed by atoms with Crippen LogP contribution in [-0.4, -0.2) is 58.6 Å². The van der Waals surface area contributed by atoms with E-state index in [1.807, 2.05) is 4.90 Å². The number of nitrogens with one attached hydrogen (secondary N) is 1. The number of amidine groups is 1. The van der Waals surface area contributed by atoms with E-state index < -0.39 is 12.2 Å². The summed E-state index contributed by atoms with van der Waals surface area (Å²) in [5.74, 6) is 0.343. The molecule has 0 bridgehead atoms. The van der Waals surface area contributed by atoms with Gasteiger partial charge in [-0.15, -0.1) is 0 Å². The highest BCUT2D eigenvalue weighted by molar-refractivity contribution is 6.03. The van der Waals surface area contributed by atoms with Crippen LogP contribution >= 0.6 is 0 Å². The smallest absolute Gasteiger partial charge is 0.222 e. The van der Waals surface area contributed by atoms with Crippen LogP contribution in [0.5, 0.6) is 0 Å². The molecule has 2 heterocycles. The van der Waals surface area contributed by atoms with E-state index in [0.29, 0.717) is 18.9 Å². The van der Waals surface area contributed by atoms with Crippen molar-refractivity contribution < 1.29 is 19.7 Å². The number of aliphatic hydroxyl groups excluding tert-OH is 2. The number of rotatable bonds is 2. The van der Waals surface area contributed by atoms with Crippen LogP contribution in [0.4, 0.5) is 0 Å². The normalized spacial score (nSPS) is 31.4. The van der Waals surface area contributed by atoms with Gasteiger partial charge in [-0.1, -0.05) is 0 Å². The first-order valence-electron chi connectivity index (χ1n) is 5.80. The molecule has 0 aromatic rings. The van der Waals surface area contributed by atoms with Gasteiger partial charge in [-0.3, -0.25) is 4.79 Å². The fourth-order valence-electron chi connectivity index (χ4n) is 1.96. The Labute approximate surface area is 105 Å². The third-order valence-electron chi connectivity index (χ3n) is 2.89. The molecule has 18 heavy (non-hydrogen) atoms. The summed E-state index contributed by atoms with van der Waals surface area (Å²) < 4.78 is 5.50. The molecular weight excluding hydrogens is 238 g/mol. The highest BCUT2D eigenvalue weighted by atomic mass is 16.5. The van der Waals surface area contributed by atoms with Crippen molar-refractivity contribution in [1.29, 1.82) is 0 Å². The van der Waals surface area contributed by atoms with Gasteiger partial charge in [0.1, 0.15) is 24.8 Å². The van der Waals surface area contributed by atoms with Gasteiger partial charge >= 0.3 is 0 Å². The summed E-state index contributed by atoms with van der Waals surface area (Å²) >= 11 is 0. The monoisotopic (exact) mass is 255 g/mol. The number of aliphatic hydroxyl groups is 2. The standard InChI is InChI=1S/C11H17N3O4/c1-7(16)13-10-2-3-14(6-12-10)11-4-8(17)9(5-15)18-11/h2-3,8-9,11,15,17H,4-6H2,1H3,(H,12,13,16)/t8?,9-,11?/m1/s1. The van der Waals surface area contributed by atoms with Crippen molar-refractivity contribution in [3.05, 3.63) is 12.3 Å². The molecule has 2 aliphatic heterocycles. The minimum absolute atomic E-state index is 0.167. The first-order valence-corrected chi connectivity index (χ1v) is 5.80. The molecule has 0 radical (unpaired) electrons. The molecule has 1 saturated heterocycles. The Morgan fingerprint density at radius 1 is 1.72 bits per heavy atom. The van der Waals surface area contributed by atoms with E-state index in [9.17, 15) is 9.90 Å². The van der Waals surface area contributed by atoms with E-state index in [2.05, 4.69) is 10.3 Å². The van der Waals surface area contributed by atoms with Crippen LogP contribution in [0.1, 0.15) is 13.3 Å². The first kappa shape index (κ1) is 13.0. The lowest BCUT2D eigenvalue weighted by molar-refractivity contribution is -0.117. The Morgan fingerprint density at radius 2 is 2.50 bits per heavy atom. The number of carbonyl (C=O) groups excluding carboxylic acids is 1. The van der Waals surface area contributed by atoms with Crippen molar-refractivity contribution in [2.75, 3.05) is 13.3 Å². The number of hydrogen-bond donors (Lipinski definition) is 3. The molecule has 7 nitrogen and oxygen atoms in total. The molecule has 0 spiro atoms. The zero-order valence-electron chi connectivity index (χ0n) is 10.1. The lowest BCUT2D eigenvalue weighted by Gasteiger charge is -2.27. The van der Waals surface area contributed by atoms with E-state index >= 15 is 0 Å². The topological polar surface area (TPSA) is 94.4 Å². The second-order valence-electron chi connectivity index (χ2n) is 4.31. The van der Waals surface area contributed by atoms with Gasteiger partial charge < -0.3 is 25.2 Å². The van der Waals surface area contributed by atoms with Crippen LogP contribution in [0.2, 0.25) is 0 Å². The van der Waals surface area contributed by atoms with Crippen LogP contribution in [-0.2, 0) is 9.53 Å². The number of nitrogens with zero attached hydrogens (tertiary/aromatic N) is 2. The van der Waals surface area contributed by atoms with Crippen molar-refractivity contribution in [3.63, 3.8) is 0 Å². The van der Waals surface area contributed by atoms with E-state index in [1.165, 1.54) is 6.92 Å². The van der Waals surface area contributed by atoms with Crippen LogP contribution in [0.15, 0.2) is 17.3 Å². The van der Waals surface area contributed by atoms with Gasteiger partial charge in [0, 0.05) is 19.5 Å². The Hall–Kier alpha value is -1.44. The van der Waals surface area contributed by atoms with Crippen molar-refractivity contribution in [2.24, 2.45) is 4.99 Å². The number of aliphatic imine (C=N–C) groups is 1. The second-order valence-corrected chi connectivity index (χ2v) is 4.31. The number of hydrogen-bond acceptors (Lipinski definition) is 6. The molecule has 1 fully saturated rings. The van der Waals surface area contributed by atoms with Gasteiger partial charge in [0.2, 0.25) is 5.91 Å². The lowest BCUT2D eigenvalue weighted by atomic mass is 10.2. The van der Waals surface area contributed by atoms with Gasteiger partial charge in [0.15, 0.2) is 0 Å². The number of amides is 1. The quantitative estimate of drug-likeness (QED) is 0.575. The molecule has 2 unspecified atom stereocenters. The zero-order chi connectivity index (χ0) is 13.1. The SMILES string of the molecule is CC(=O)NC1=NCN(C2CC(O)[C@@H](CO)O2)C=C1. The third kappa shape index (κ3) is 2.87. The summed E-state index contributed by atoms with van der Waals surface area (Å²) in [4.78, 5) is 16.8. The molecule has 2 rings (SSSR count). The summed E-state index contributed by atoms with van der Waals surface area (Å²) in [6.45, 7) is 1.57. The molecule has 0 aromatic heterocycles. The third-order valence-corrected chi connectivity index (χ3v) is 2.89. The van der Waals surface area contributed by atoms with Crippen LogP contribution in [0, 0.1) is 0 Å². The summed E-state index contributed by atoms with van der Waals surface area (Å²) in [6.07, 6.45) is 2.37. The lowest BCUT2D eigenvalue weighted by Crippen LogP contribution is -2.37. The van der Waals surface area contributed by atoms with E-state index in [-0.39, 0.29) is 18.7 Å². The highest BCUT2D eigenvalue weighted by Gasteiger charge is 2.36. The molecule has 0 aromatic carbocycles. The fraction of sp³-hybridized carbons (Fsp3) is 0.636. The summed E-state index contributed by atoms with van der Waals surface area (Å²) in [6, 6.07) is 0. The van der Waals surface area contributed by atoms with Gasteiger partial charge in [0.25, 0.3) is 0 Å². The maximum Gasteiger partial charge on any atom is 0.222 e. The average Bonchev–Trinajstić information content (AvgIpc) is 2.71. The van der Waals surface area contributed by atoms with E-state index in [4.69, 9.17) is 9.84 Å². The van der Waals surface area contributed by atoms with Gasteiger partial charge in [-0.25, -0.2) is 4.99 Å². The summed E-state index contributed by atoms with van der Waals surface area (Å²) in [5.41, 5.74) is 0. The molecule has 1 amide bonds. The Bertz CT molecular complexity index is 382. The zero-order valence-corrected chi connectivity index (χ0v) is 10.1. The molecule has 2 aliphatic rings. The summed E-state index contributed by atoms with van der Waals surface area (Å²) in [5, 5.41) is 21.2. The van der Waals surface area contributed by atoms with Crippen molar-refractivity contribution in [1.82, 2.24) is 10.2 Å². The van der Waals surface area contributed by atoms with Crippen LogP contribution in [0.3, 0.4) is 0 Å². The van der Waals surface area contributed by atoms with Gasteiger partial charge in [0.05, 0.1) is 12.7 Å². The van der Waals surface area contributed by atoms with Gasteiger partial charge in [-0.2, -0.15) is 0 Å². The van der Waals surface area contributed by atoms with Crippen molar-refractivity contribution >= 4 is 11.7 Å². The minimum Gasteiger partial charge on any atom is -0.394 e. The number of carbonyl (C=O) groups is 1. The molecule has 3 atom stereocenters. The second kappa shape index (κ2) is 5.47. The molecule has 100 valence electrons. The Balaban J connectivity index is 1.89. The van der Waals surface area contributed by atoms with Crippen LogP contribution < -0.4 is 5.32 Å². The summed E-state index contributed by atoms with van der Waals surface area (Å²) in [7, 11) is 0. The predicted octanol–water partition coefficient (Wildman–Crippen LogP) is -1.22. The molecule has 7 heteroatoms. The highest BCUT2D eigenvalue weighted by Crippen LogP contribution is 2.24. The Morgan fingerprint density at radius 3 is 3.00 bits per heavy atom. The largest absolute Gasteiger partial charge is 0.394 e. The van der Waals surface area contributed by atoms with E-state index in [0.717, 1.165) is 0 Å². The molecular formula is C11H17N3O4. The molecule has 0 saturated carbocycles. The fourth-order valence-corrected chi connectivity index (χ4v) is 1.96. The van der Waals surface area contributed by atoms with Crippen molar-refractivity contribution in [3.8, 4) is 0 Å². The first-order chi connectivity index (χ1) is 8.60. The van der Waals surface area contributed by atoms with Crippen molar-refractivity contribution in [2.45, 2.75) is 31.8 Å². The van der Waals surface area contributed by atoms with Crippen LogP contribution in [0.25, 0.3) is 0 Å². The van der Waals surface area contributed by atoms with Gasteiger partial charge in [-0.05, 0) is 6.08 Å². The maximum atomic E-state index is 10.8. The number of ether oxygens (including phenoxy) is 1. The Kier molecular flexibility index (Phi) is 3.95. The predicted molar refractivity (Wildman–Crippen MR) is 63.5 cm³/mol. The van der Waals surface area contributed by atoms with E-state index in [1.54, 1.807) is 12.3 Å². The minimum atomic E-state index is -0.658. The average molecular weight is 255 g/mol. The molecule has 0 aliphatic carbocycles. The molecule has 3 N–H and O–H groups in total.